The lowest BCUT2D eigenvalue weighted by Gasteiger charge is -2.17. The first kappa shape index (κ1) is 13.4. The molecule has 0 saturated heterocycles. The first-order chi connectivity index (χ1) is 8.95. The number of anilines is 1. The van der Waals surface area contributed by atoms with Crippen LogP contribution in [-0.4, -0.2) is 22.5 Å². The number of amides is 1. The molecule has 0 bridgehead atoms. The van der Waals surface area contributed by atoms with Gasteiger partial charge in [0.2, 0.25) is 5.91 Å². The molecule has 0 aliphatic carbocycles. The van der Waals surface area contributed by atoms with Crippen molar-refractivity contribution in [1.29, 1.82) is 0 Å². The minimum atomic E-state index is -0.295. The quantitative estimate of drug-likeness (QED) is 0.829. The van der Waals surface area contributed by atoms with Crippen molar-refractivity contribution in [1.82, 2.24) is 14.9 Å². The molecule has 2 rings (SSSR count). The summed E-state index contributed by atoms with van der Waals surface area (Å²) in [4.78, 5) is 16.5. The Bertz CT molecular complexity index is 615. The van der Waals surface area contributed by atoms with Crippen molar-refractivity contribution in [2.24, 2.45) is 0 Å². The van der Waals surface area contributed by atoms with Gasteiger partial charge in [-0.2, -0.15) is 0 Å². The van der Waals surface area contributed by atoms with Crippen molar-refractivity contribution in [3.63, 3.8) is 0 Å². The van der Waals surface area contributed by atoms with Gasteiger partial charge < -0.3 is 15.6 Å². The normalized spacial score (nSPS) is 12.9. The van der Waals surface area contributed by atoms with Crippen LogP contribution in [-0.2, 0) is 4.79 Å². The zero-order chi connectivity index (χ0) is 14.2. The first-order valence-corrected chi connectivity index (χ1v) is 6.44. The number of fused-ring (bicyclic) bond motifs is 1. The zero-order valence-electron chi connectivity index (χ0n) is 11.8. The standard InChI is InChI=1S/C14H20N4O/c1-8(2)13-17-11-7-10(15)5-6-12(11)18(13)9(3)14(19)16-4/h5-9H,15H2,1-4H3,(H,16,19). The minimum Gasteiger partial charge on any atom is -0.399 e. The summed E-state index contributed by atoms with van der Waals surface area (Å²) in [6.07, 6.45) is 0. The topological polar surface area (TPSA) is 72.9 Å². The number of benzene rings is 1. The van der Waals surface area contributed by atoms with E-state index in [0.717, 1.165) is 16.9 Å². The second-order valence-corrected chi connectivity index (χ2v) is 5.03. The van der Waals surface area contributed by atoms with Crippen LogP contribution in [0.1, 0.15) is 38.6 Å². The highest BCUT2D eigenvalue weighted by Crippen LogP contribution is 2.27. The molecule has 1 amide bonds. The fourth-order valence-corrected chi connectivity index (χ4v) is 2.27. The Morgan fingerprint density at radius 2 is 2.05 bits per heavy atom. The van der Waals surface area contributed by atoms with Crippen LogP contribution in [0.4, 0.5) is 5.69 Å². The number of nitrogens with one attached hydrogen (secondary N) is 1. The van der Waals surface area contributed by atoms with E-state index in [-0.39, 0.29) is 17.9 Å². The van der Waals surface area contributed by atoms with Crippen LogP contribution >= 0.6 is 0 Å². The summed E-state index contributed by atoms with van der Waals surface area (Å²) in [6.45, 7) is 6.01. The molecule has 0 fully saturated rings. The Morgan fingerprint density at radius 1 is 1.37 bits per heavy atom. The maximum absolute atomic E-state index is 11.9. The summed E-state index contributed by atoms with van der Waals surface area (Å²) in [6, 6.07) is 5.30. The van der Waals surface area contributed by atoms with E-state index in [9.17, 15) is 4.79 Å². The second kappa shape index (κ2) is 4.91. The maximum atomic E-state index is 11.9. The van der Waals surface area contributed by atoms with Crippen LogP contribution in [0.15, 0.2) is 18.2 Å². The number of rotatable bonds is 3. The van der Waals surface area contributed by atoms with Crippen molar-refractivity contribution >= 4 is 22.6 Å². The number of nitrogens with zero attached hydrogens (tertiary/aromatic N) is 2. The van der Waals surface area contributed by atoms with E-state index in [1.54, 1.807) is 7.05 Å². The SMILES string of the molecule is CNC(=O)C(C)n1c(C(C)C)nc2cc(N)ccc21. The van der Waals surface area contributed by atoms with Crippen LogP contribution in [0.25, 0.3) is 11.0 Å². The number of hydrogen-bond acceptors (Lipinski definition) is 3. The molecule has 102 valence electrons. The molecule has 2 aromatic rings. The summed E-state index contributed by atoms with van der Waals surface area (Å²) in [5, 5.41) is 2.68. The number of nitrogens with two attached hydrogens (primary N) is 1. The number of hydrogen-bond donors (Lipinski definition) is 2. The predicted molar refractivity (Wildman–Crippen MR) is 77.0 cm³/mol. The van der Waals surface area contributed by atoms with Crippen LogP contribution in [0.3, 0.4) is 0 Å². The molecule has 1 atom stereocenters. The highest BCUT2D eigenvalue weighted by Gasteiger charge is 2.22. The van der Waals surface area contributed by atoms with E-state index >= 15 is 0 Å². The Hall–Kier alpha value is -2.04. The summed E-state index contributed by atoms with van der Waals surface area (Å²) < 4.78 is 1.98. The fourth-order valence-electron chi connectivity index (χ4n) is 2.27. The highest BCUT2D eigenvalue weighted by atomic mass is 16.2. The average molecular weight is 260 g/mol. The van der Waals surface area contributed by atoms with Gasteiger partial charge in [0.05, 0.1) is 11.0 Å². The Kier molecular flexibility index (Phi) is 3.46. The molecule has 1 aromatic carbocycles. The van der Waals surface area contributed by atoms with E-state index < -0.39 is 0 Å². The van der Waals surface area contributed by atoms with E-state index in [0.29, 0.717) is 5.69 Å². The lowest BCUT2D eigenvalue weighted by Crippen LogP contribution is -2.28. The number of aromatic nitrogens is 2. The molecular weight excluding hydrogens is 240 g/mol. The maximum Gasteiger partial charge on any atom is 0.242 e. The molecular formula is C14H20N4O. The molecule has 0 radical (unpaired) electrons. The van der Waals surface area contributed by atoms with Crippen molar-refractivity contribution in [3.05, 3.63) is 24.0 Å². The van der Waals surface area contributed by atoms with E-state index in [2.05, 4.69) is 24.1 Å². The van der Waals surface area contributed by atoms with Gasteiger partial charge in [-0.05, 0) is 25.1 Å². The number of imidazole rings is 1. The van der Waals surface area contributed by atoms with Crippen molar-refractivity contribution in [2.75, 3.05) is 12.8 Å². The summed E-state index contributed by atoms with van der Waals surface area (Å²) >= 11 is 0. The Balaban J connectivity index is 2.68. The molecule has 0 spiro atoms. The van der Waals surface area contributed by atoms with Crippen LogP contribution in [0, 0.1) is 0 Å². The highest BCUT2D eigenvalue weighted by molar-refractivity contribution is 5.85. The predicted octanol–water partition coefficient (Wildman–Crippen LogP) is 2.05. The van der Waals surface area contributed by atoms with E-state index in [1.165, 1.54) is 0 Å². The second-order valence-electron chi connectivity index (χ2n) is 5.03. The zero-order valence-corrected chi connectivity index (χ0v) is 11.8. The monoisotopic (exact) mass is 260 g/mol. The number of likely N-dealkylation sites (N-methyl/N-ethyl adjacent to an activating group) is 1. The van der Waals surface area contributed by atoms with Crippen LogP contribution in [0.5, 0.6) is 0 Å². The molecule has 19 heavy (non-hydrogen) atoms. The summed E-state index contributed by atoms with van der Waals surface area (Å²) in [7, 11) is 1.64. The number of nitrogen functional groups attached to an aromatic ring is 1. The Morgan fingerprint density at radius 3 is 2.63 bits per heavy atom. The van der Waals surface area contributed by atoms with E-state index in [1.807, 2.05) is 29.7 Å². The van der Waals surface area contributed by atoms with Gasteiger partial charge in [-0.15, -0.1) is 0 Å². The van der Waals surface area contributed by atoms with E-state index in [4.69, 9.17) is 5.73 Å². The first-order valence-electron chi connectivity index (χ1n) is 6.44. The molecule has 5 heteroatoms. The molecule has 1 aromatic heterocycles. The summed E-state index contributed by atoms with van der Waals surface area (Å²) in [5.74, 6) is 1.11. The van der Waals surface area contributed by atoms with Crippen molar-refractivity contribution in [2.45, 2.75) is 32.7 Å². The number of carbonyl (C=O) groups is 1. The van der Waals surface area contributed by atoms with Gasteiger partial charge in [0.15, 0.2) is 0 Å². The number of carbonyl (C=O) groups excluding carboxylic acids is 1. The van der Waals surface area contributed by atoms with Gasteiger partial charge in [0.1, 0.15) is 11.9 Å². The molecule has 1 heterocycles. The lowest BCUT2D eigenvalue weighted by molar-refractivity contribution is -0.123. The molecule has 0 aliphatic rings. The average Bonchev–Trinajstić information content (AvgIpc) is 2.75. The van der Waals surface area contributed by atoms with Crippen LogP contribution in [0.2, 0.25) is 0 Å². The van der Waals surface area contributed by atoms with Gasteiger partial charge in [0.25, 0.3) is 0 Å². The smallest absolute Gasteiger partial charge is 0.242 e. The molecule has 1 unspecified atom stereocenters. The summed E-state index contributed by atoms with van der Waals surface area (Å²) in [5.41, 5.74) is 8.25. The molecule has 5 nitrogen and oxygen atoms in total. The van der Waals surface area contributed by atoms with Crippen LogP contribution < -0.4 is 11.1 Å². The van der Waals surface area contributed by atoms with Gasteiger partial charge in [-0.1, -0.05) is 13.8 Å². The minimum absolute atomic E-state index is 0.0296. The third kappa shape index (κ3) is 2.28. The van der Waals surface area contributed by atoms with Gasteiger partial charge in [-0.25, -0.2) is 4.98 Å². The molecule has 0 aliphatic heterocycles. The lowest BCUT2D eigenvalue weighted by atomic mass is 10.2. The largest absolute Gasteiger partial charge is 0.399 e. The van der Waals surface area contributed by atoms with Gasteiger partial charge in [0, 0.05) is 18.7 Å². The fraction of sp³-hybridized carbons (Fsp3) is 0.429. The Labute approximate surface area is 112 Å². The van der Waals surface area contributed by atoms with Crippen molar-refractivity contribution in [3.8, 4) is 0 Å². The molecule has 3 N–H and O–H groups in total. The third-order valence-electron chi connectivity index (χ3n) is 3.27. The third-order valence-corrected chi connectivity index (χ3v) is 3.27. The van der Waals surface area contributed by atoms with Crippen molar-refractivity contribution < 1.29 is 4.79 Å². The van der Waals surface area contributed by atoms with Gasteiger partial charge in [-0.3, -0.25) is 4.79 Å². The molecule has 0 saturated carbocycles. The van der Waals surface area contributed by atoms with Gasteiger partial charge >= 0.3 is 0 Å².